The van der Waals surface area contributed by atoms with Crippen LogP contribution in [0.15, 0.2) is 24.3 Å². The largest absolute Gasteiger partial charge is 0.496 e. The average Bonchev–Trinajstić information content (AvgIpc) is 3.27. The summed E-state index contributed by atoms with van der Waals surface area (Å²) < 4.78 is 5.54. The van der Waals surface area contributed by atoms with E-state index in [1.54, 1.807) is 7.11 Å². The number of carbonyl (C=O) groups excluding carboxylic acids is 1. The van der Waals surface area contributed by atoms with Gasteiger partial charge in [0, 0.05) is 12.1 Å². The third-order valence-corrected chi connectivity index (χ3v) is 4.99. The second-order valence-corrected chi connectivity index (χ2v) is 6.88. The molecule has 2 N–H and O–H groups in total. The lowest BCUT2D eigenvalue weighted by Crippen LogP contribution is -2.40. The Morgan fingerprint density at radius 1 is 1.29 bits per heavy atom. The van der Waals surface area contributed by atoms with E-state index in [1.807, 2.05) is 18.2 Å². The monoisotopic (exact) mass is 331 g/mol. The number of amides is 1. The minimum Gasteiger partial charge on any atom is -0.496 e. The van der Waals surface area contributed by atoms with Gasteiger partial charge in [-0.25, -0.2) is 0 Å². The van der Waals surface area contributed by atoms with E-state index >= 15 is 0 Å². The number of benzene rings is 1. The van der Waals surface area contributed by atoms with Gasteiger partial charge in [0.25, 0.3) is 0 Å². The quantitative estimate of drug-likeness (QED) is 0.726. The predicted molar refractivity (Wildman–Crippen MR) is 95.1 cm³/mol. The van der Waals surface area contributed by atoms with Gasteiger partial charge in [0.15, 0.2) is 0 Å². The number of hydrogen-bond donors (Lipinski definition) is 2. The van der Waals surface area contributed by atoms with Crippen molar-refractivity contribution in [1.29, 1.82) is 0 Å². The number of ether oxygens (including phenoxy) is 1. The number of methoxy groups -OCH3 is 1. The first-order chi connectivity index (χ1) is 11.8. The Kier molecular flexibility index (Phi) is 6.10. The molecule has 1 aliphatic carbocycles. The molecule has 0 radical (unpaired) electrons. The van der Waals surface area contributed by atoms with Crippen molar-refractivity contribution in [2.45, 2.75) is 31.7 Å². The summed E-state index contributed by atoms with van der Waals surface area (Å²) in [7, 11) is 1.71. The highest BCUT2D eigenvalue weighted by atomic mass is 16.5. The minimum absolute atomic E-state index is 0.0785. The maximum Gasteiger partial charge on any atom is 0.234 e. The van der Waals surface area contributed by atoms with Gasteiger partial charge in [0.2, 0.25) is 5.91 Å². The molecule has 1 aliphatic heterocycles. The summed E-state index contributed by atoms with van der Waals surface area (Å²) in [4.78, 5) is 14.6. The molecule has 1 aromatic rings. The summed E-state index contributed by atoms with van der Waals surface area (Å²) in [6.45, 7) is 4.17. The van der Waals surface area contributed by atoms with Crippen LogP contribution in [0.1, 0.15) is 37.3 Å². The molecule has 2 aliphatic rings. The zero-order valence-corrected chi connectivity index (χ0v) is 14.6. The van der Waals surface area contributed by atoms with Crippen LogP contribution >= 0.6 is 0 Å². The Labute approximate surface area is 144 Å². The standard InChI is InChI=1S/C19H29N3O2/c1-24-18-7-3-2-6-16(18)17(22-10-4-5-11-22)13-21-19(23)14-20-12-15-8-9-15/h2-3,6-7,15,17,20H,4-5,8-14H2,1H3,(H,21,23). The lowest BCUT2D eigenvalue weighted by Gasteiger charge is -2.29. The maximum absolute atomic E-state index is 12.1. The van der Waals surface area contributed by atoms with Gasteiger partial charge in [-0.1, -0.05) is 18.2 Å². The number of nitrogens with one attached hydrogen (secondary N) is 2. The Bertz CT molecular complexity index is 539. The molecule has 132 valence electrons. The SMILES string of the molecule is COc1ccccc1C(CNC(=O)CNCC1CC1)N1CCCC1. The Hall–Kier alpha value is -1.59. The molecule has 1 atom stereocenters. The summed E-state index contributed by atoms with van der Waals surface area (Å²) in [5, 5.41) is 6.36. The molecule has 1 saturated heterocycles. The van der Waals surface area contributed by atoms with Crippen LogP contribution in [0.25, 0.3) is 0 Å². The first kappa shape index (κ1) is 17.2. The summed E-state index contributed by atoms with van der Waals surface area (Å²) >= 11 is 0. The van der Waals surface area contributed by atoms with Crippen LogP contribution < -0.4 is 15.4 Å². The van der Waals surface area contributed by atoms with Gasteiger partial charge >= 0.3 is 0 Å². The maximum atomic E-state index is 12.1. The fourth-order valence-electron chi connectivity index (χ4n) is 3.42. The van der Waals surface area contributed by atoms with Crippen molar-refractivity contribution in [3.63, 3.8) is 0 Å². The fraction of sp³-hybridized carbons (Fsp3) is 0.632. The first-order valence-corrected chi connectivity index (χ1v) is 9.12. The molecule has 1 amide bonds. The zero-order chi connectivity index (χ0) is 16.8. The number of rotatable bonds is 9. The van der Waals surface area contributed by atoms with Crippen molar-refractivity contribution in [1.82, 2.24) is 15.5 Å². The van der Waals surface area contributed by atoms with Crippen molar-refractivity contribution < 1.29 is 9.53 Å². The molecular weight excluding hydrogens is 302 g/mol. The molecule has 1 aromatic carbocycles. The van der Waals surface area contributed by atoms with E-state index in [9.17, 15) is 4.79 Å². The molecular formula is C19H29N3O2. The predicted octanol–water partition coefficient (Wildman–Crippen LogP) is 1.95. The highest BCUT2D eigenvalue weighted by Crippen LogP contribution is 2.31. The number of carbonyl (C=O) groups is 1. The van der Waals surface area contributed by atoms with E-state index in [0.29, 0.717) is 13.1 Å². The molecule has 1 unspecified atom stereocenters. The third kappa shape index (κ3) is 4.71. The normalized spacial score (nSPS) is 19.2. The first-order valence-electron chi connectivity index (χ1n) is 9.12. The van der Waals surface area contributed by atoms with Crippen LogP contribution in [0.5, 0.6) is 5.75 Å². The van der Waals surface area contributed by atoms with Gasteiger partial charge in [0.1, 0.15) is 5.75 Å². The van der Waals surface area contributed by atoms with Gasteiger partial charge in [-0.05, 0) is 57.3 Å². The highest BCUT2D eigenvalue weighted by Gasteiger charge is 2.26. The van der Waals surface area contributed by atoms with Gasteiger partial charge in [0.05, 0.1) is 19.7 Å². The van der Waals surface area contributed by atoms with Crippen LogP contribution in [0.2, 0.25) is 0 Å². The Morgan fingerprint density at radius 3 is 2.75 bits per heavy atom. The van der Waals surface area contributed by atoms with E-state index in [2.05, 4.69) is 21.6 Å². The highest BCUT2D eigenvalue weighted by molar-refractivity contribution is 5.78. The van der Waals surface area contributed by atoms with Gasteiger partial charge in [-0.3, -0.25) is 9.69 Å². The smallest absolute Gasteiger partial charge is 0.234 e. The van der Waals surface area contributed by atoms with Crippen molar-refractivity contribution in [3.8, 4) is 5.75 Å². The average molecular weight is 331 g/mol. The van der Waals surface area contributed by atoms with Gasteiger partial charge < -0.3 is 15.4 Å². The second kappa shape index (κ2) is 8.49. The molecule has 24 heavy (non-hydrogen) atoms. The third-order valence-electron chi connectivity index (χ3n) is 4.99. The van der Waals surface area contributed by atoms with Crippen LogP contribution in [0.4, 0.5) is 0 Å². The second-order valence-electron chi connectivity index (χ2n) is 6.88. The topological polar surface area (TPSA) is 53.6 Å². The summed E-state index contributed by atoms with van der Waals surface area (Å²) in [5.74, 6) is 1.77. The molecule has 2 fully saturated rings. The van der Waals surface area contributed by atoms with Crippen molar-refractivity contribution >= 4 is 5.91 Å². The minimum atomic E-state index is 0.0785. The van der Waals surface area contributed by atoms with Crippen LogP contribution in [-0.2, 0) is 4.79 Å². The van der Waals surface area contributed by atoms with E-state index in [4.69, 9.17) is 4.74 Å². The lowest BCUT2D eigenvalue weighted by molar-refractivity contribution is -0.120. The van der Waals surface area contributed by atoms with Crippen molar-refractivity contribution in [3.05, 3.63) is 29.8 Å². The fourth-order valence-corrected chi connectivity index (χ4v) is 3.42. The van der Waals surface area contributed by atoms with Crippen molar-refractivity contribution in [2.75, 3.05) is 39.8 Å². The number of nitrogens with zero attached hydrogens (tertiary/aromatic N) is 1. The van der Waals surface area contributed by atoms with E-state index in [1.165, 1.54) is 25.7 Å². The summed E-state index contributed by atoms with van der Waals surface area (Å²) in [5.41, 5.74) is 1.16. The molecule has 0 spiro atoms. The molecule has 1 saturated carbocycles. The molecule has 5 nitrogen and oxygen atoms in total. The van der Waals surface area contributed by atoms with E-state index in [0.717, 1.165) is 36.9 Å². The molecule has 3 rings (SSSR count). The van der Waals surface area contributed by atoms with Crippen LogP contribution in [0, 0.1) is 5.92 Å². The van der Waals surface area contributed by atoms with E-state index < -0.39 is 0 Å². The summed E-state index contributed by atoms with van der Waals surface area (Å²) in [6.07, 6.45) is 5.06. The van der Waals surface area contributed by atoms with Gasteiger partial charge in [-0.2, -0.15) is 0 Å². The van der Waals surface area contributed by atoms with Crippen molar-refractivity contribution in [2.24, 2.45) is 5.92 Å². The molecule has 0 bridgehead atoms. The molecule has 5 heteroatoms. The number of hydrogen-bond acceptors (Lipinski definition) is 4. The summed E-state index contributed by atoms with van der Waals surface area (Å²) in [6, 6.07) is 8.32. The van der Waals surface area contributed by atoms with Crippen LogP contribution in [-0.4, -0.2) is 50.6 Å². The Morgan fingerprint density at radius 2 is 2.04 bits per heavy atom. The van der Waals surface area contributed by atoms with E-state index in [-0.39, 0.29) is 11.9 Å². The lowest BCUT2D eigenvalue weighted by atomic mass is 10.0. The van der Waals surface area contributed by atoms with Crippen LogP contribution in [0.3, 0.4) is 0 Å². The Balaban J connectivity index is 1.58. The van der Waals surface area contributed by atoms with Gasteiger partial charge in [-0.15, -0.1) is 0 Å². The zero-order valence-electron chi connectivity index (χ0n) is 14.6. The molecule has 1 heterocycles. The molecule has 0 aromatic heterocycles. The number of likely N-dealkylation sites (tertiary alicyclic amines) is 1. The number of para-hydroxylation sites is 1.